The van der Waals surface area contributed by atoms with Crippen molar-refractivity contribution in [2.45, 2.75) is 31.3 Å². The summed E-state index contributed by atoms with van der Waals surface area (Å²) >= 11 is 0. The van der Waals surface area contributed by atoms with Gasteiger partial charge in [-0.1, -0.05) is 24.8 Å². The van der Waals surface area contributed by atoms with E-state index in [2.05, 4.69) is 40.8 Å². The van der Waals surface area contributed by atoms with Crippen LogP contribution in [0.4, 0.5) is 10.2 Å². The maximum Gasteiger partial charge on any atom is 1.00 e. The van der Waals surface area contributed by atoms with Gasteiger partial charge in [0.1, 0.15) is 5.82 Å². The maximum absolute atomic E-state index is 14.3. The van der Waals surface area contributed by atoms with Crippen molar-refractivity contribution in [2.24, 2.45) is 17.3 Å². The van der Waals surface area contributed by atoms with Gasteiger partial charge in [-0.05, 0) is 43.6 Å². The molecule has 2 unspecified atom stereocenters. The molecule has 1 aliphatic heterocycles. The maximum atomic E-state index is 14.3. The number of nitrogen functional groups attached to an aromatic ring is 1. The van der Waals surface area contributed by atoms with Crippen molar-refractivity contribution in [1.82, 2.24) is 20.6 Å². The van der Waals surface area contributed by atoms with Gasteiger partial charge in [0, 0.05) is 42.1 Å². The van der Waals surface area contributed by atoms with Crippen molar-refractivity contribution >= 4 is 5.82 Å². The van der Waals surface area contributed by atoms with E-state index in [1.165, 1.54) is 18.8 Å². The number of rotatable bonds is 9. The number of hydrogen-bond acceptors (Lipinski definition) is 8. The van der Waals surface area contributed by atoms with Crippen LogP contribution in [0.2, 0.25) is 0 Å². The van der Waals surface area contributed by atoms with Gasteiger partial charge in [-0.15, -0.1) is 24.8 Å². The number of anilines is 1. The molecule has 1 fully saturated rings. The minimum absolute atomic E-state index is 0. The molecule has 0 aliphatic carbocycles. The van der Waals surface area contributed by atoms with E-state index in [4.69, 9.17) is 23.0 Å². The summed E-state index contributed by atoms with van der Waals surface area (Å²) in [5, 5.41) is 3.48. The van der Waals surface area contributed by atoms with Crippen LogP contribution in [0, 0.1) is 12.4 Å². The zero-order valence-corrected chi connectivity index (χ0v) is 22.7. The molecule has 10 N–H and O–H groups in total. The Morgan fingerprint density at radius 2 is 2.06 bits per heavy atom. The Bertz CT molecular complexity index is 980. The molecule has 184 valence electrons. The molecule has 2 heterocycles. The Morgan fingerprint density at radius 3 is 2.51 bits per heavy atom. The normalized spacial score (nSPS) is 16.2. The summed E-state index contributed by atoms with van der Waals surface area (Å²) in [6.45, 7) is 10.1. The fourth-order valence-electron chi connectivity index (χ4n) is 3.77. The van der Waals surface area contributed by atoms with Crippen LogP contribution in [-0.2, 0) is 0 Å². The average molecular weight is 491 g/mol. The van der Waals surface area contributed by atoms with E-state index >= 15 is 0 Å². The third-order valence-corrected chi connectivity index (χ3v) is 5.68. The van der Waals surface area contributed by atoms with E-state index in [9.17, 15) is 4.39 Å². The van der Waals surface area contributed by atoms with Gasteiger partial charge in [0.2, 0.25) is 0 Å². The summed E-state index contributed by atoms with van der Waals surface area (Å²) in [7, 11) is 2.09. The molecule has 0 saturated carbocycles. The zero-order valence-electron chi connectivity index (χ0n) is 20.7. The van der Waals surface area contributed by atoms with Crippen LogP contribution in [0.5, 0.6) is 0 Å². The number of nitrogens with zero attached hydrogens (tertiary/aromatic N) is 2. The van der Waals surface area contributed by atoms with E-state index in [1.807, 2.05) is 12.1 Å². The van der Waals surface area contributed by atoms with Gasteiger partial charge in [0.25, 0.3) is 0 Å². The molecular formula is C25H36FN8Na. The van der Waals surface area contributed by atoms with E-state index in [-0.39, 0.29) is 47.5 Å². The molecule has 8 nitrogen and oxygen atoms in total. The van der Waals surface area contributed by atoms with Crippen molar-refractivity contribution < 1.29 is 33.9 Å². The summed E-state index contributed by atoms with van der Waals surface area (Å²) in [6, 6.07) is 8.67. The number of benzene rings is 1. The number of likely N-dealkylation sites (tertiary alicyclic amines) is 1. The predicted molar refractivity (Wildman–Crippen MR) is 137 cm³/mol. The molecule has 0 amide bonds. The second kappa shape index (κ2) is 15.5. The first-order valence-corrected chi connectivity index (χ1v) is 11.0. The number of allylic oxidation sites excluding steroid dienone is 1. The summed E-state index contributed by atoms with van der Waals surface area (Å²) in [6.07, 6.45) is 7.74. The first-order chi connectivity index (χ1) is 16.3. The average Bonchev–Trinajstić information content (AvgIpc) is 3.28. The molecule has 1 aromatic carbocycles. The molecule has 0 spiro atoms. The van der Waals surface area contributed by atoms with Crippen molar-refractivity contribution in [1.29, 1.82) is 0 Å². The van der Waals surface area contributed by atoms with Crippen LogP contribution in [-0.4, -0.2) is 29.5 Å². The SMILES string of the molecule is C=C(NC(c1ccc(N)nc1)c1ccc([CH-]N)c(F)c1)C1CCCN1C.C=CC/C(=C/N)NN.[Na+]. The third-order valence-electron chi connectivity index (χ3n) is 5.68. The molecule has 10 heteroatoms. The largest absolute Gasteiger partial charge is 1.00 e. The Balaban J connectivity index is 0.000000590. The Labute approximate surface area is 230 Å². The number of hydrazine groups is 1. The van der Waals surface area contributed by atoms with Gasteiger partial charge in [0.05, 0.1) is 6.04 Å². The standard InChI is InChI=1S/C20H25FN5.C5H11N3.Na/c1-13(18-4-3-9-26(18)2)25-20(16-7-8-19(23)24-12-16)14-5-6-15(11-22)17(21)10-14;1-2-3-5(4-6)8-7;/h5-8,10-12,18,20,25H,1,3-4,9,22H2,2H3,(H2,23,24);2,4,8H,1,3,6-7H2;/q-1;;+1/b;5-4-;. The monoisotopic (exact) mass is 490 g/mol. The van der Waals surface area contributed by atoms with Crippen LogP contribution in [0.15, 0.2) is 73.4 Å². The summed E-state index contributed by atoms with van der Waals surface area (Å²) in [5.74, 6) is 5.11. The second-order valence-electron chi connectivity index (χ2n) is 8.03. The summed E-state index contributed by atoms with van der Waals surface area (Å²) in [4.78, 5) is 6.46. The molecule has 1 saturated heterocycles. The van der Waals surface area contributed by atoms with E-state index in [0.717, 1.165) is 41.9 Å². The van der Waals surface area contributed by atoms with Crippen molar-refractivity contribution in [3.63, 3.8) is 0 Å². The Kier molecular flexibility index (Phi) is 13.5. The number of pyridine rings is 1. The van der Waals surface area contributed by atoms with Gasteiger partial charge in [0.15, 0.2) is 0 Å². The van der Waals surface area contributed by atoms with Crippen molar-refractivity contribution in [3.8, 4) is 0 Å². The topological polar surface area (TPSA) is 144 Å². The zero-order chi connectivity index (χ0) is 25.1. The van der Waals surface area contributed by atoms with Gasteiger partial charge < -0.3 is 27.9 Å². The molecule has 0 bridgehead atoms. The van der Waals surface area contributed by atoms with Gasteiger partial charge >= 0.3 is 29.6 Å². The minimum atomic E-state index is -0.358. The van der Waals surface area contributed by atoms with Gasteiger partial charge in [-0.3, -0.25) is 15.1 Å². The summed E-state index contributed by atoms with van der Waals surface area (Å²) < 4.78 is 14.3. The van der Waals surface area contributed by atoms with Crippen LogP contribution in [0.3, 0.4) is 0 Å². The van der Waals surface area contributed by atoms with Crippen LogP contribution < -0.4 is 63.3 Å². The number of likely N-dealkylation sites (N-methyl/N-ethyl adjacent to an activating group) is 1. The molecule has 35 heavy (non-hydrogen) atoms. The predicted octanol–water partition coefficient (Wildman–Crippen LogP) is -0.612. The first kappa shape index (κ1) is 30.5. The second-order valence-corrected chi connectivity index (χ2v) is 8.03. The van der Waals surface area contributed by atoms with E-state index < -0.39 is 0 Å². The smallest absolute Gasteiger partial charge is 0.403 e. The molecule has 2 aromatic rings. The van der Waals surface area contributed by atoms with Crippen LogP contribution >= 0.6 is 0 Å². The quantitative estimate of drug-likeness (QED) is 0.0898. The third kappa shape index (κ3) is 8.88. The first-order valence-electron chi connectivity index (χ1n) is 11.0. The number of nitrogens with one attached hydrogen (secondary N) is 2. The van der Waals surface area contributed by atoms with Crippen molar-refractivity contribution in [2.75, 3.05) is 19.3 Å². The Morgan fingerprint density at radius 1 is 1.34 bits per heavy atom. The van der Waals surface area contributed by atoms with Crippen LogP contribution in [0.25, 0.3) is 0 Å². The Hall–Kier alpha value is -2.53. The molecular weight excluding hydrogens is 454 g/mol. The van der Waals surface area contributed by atoms with E-state index in [1.54, 1.807) is 24.4 Å². The molecule has 1 aliphatic rings. The van der Waals surface area contributed by atoms with Crippen LogP contribution in [0.1, 0.15) is 42.0 Å². The molecule has 0 radical (unpaired) electrons. The minimum Gasteiger partial charge on any atom is -0.403 e. The number of hydrogen-bond donors (Lipinski definition) is 6. The number of halogens is 1. The fourth-order valence-corrected chi connectivity index (χ4v) is 3.77. The number of aromatic nitrogens is 1. The molecule has 3 rings (SSSR count). The van der Waals surface area contributed by atoms with Crippen molar-refractivity contribution in [3.05, 3.63) is 102 Å². The fraction of sp³-hybridized carbons (Fsp3) is 0.280. The molecule has 2 atom stereocenters. The van der Waals surface area contributed by atoms with Gasteiger partial charge in [-0.2, -0.15) is 6.07 Å². The summed E-state index contributed by atoms with van der Waals surface area (Å²) in [5.41, 5.74) is 22.4. The molecule has 1 aromatic heterocycles. The van der Waals surface area contributed by atoms with Gasteiger partial charge in [-0.25, -0.2) is 4.98 Å². The number of nitrogens with two attached hydrogens (primary N) is 4. The van der Waals surface area contributed by atoms with E-state index in [0.29, 0.717) is 17.8 Å².